The van der Waals surface area contributed by atoms with Gasteiger partial charge in [0, 0.05) is 11.6 Å². The number of fused-ring (bicyclic) bond motifs is 1. The van der Waals surface area contributed by atoms with Crippen molar-refractivity contribution in [2.45, 2.75) is 6.10 Å². The maximum atomic E-state index is 12.3. The van der Waals surface area contributed by atoms with Crippen LogP contribution < -0.4 is 9.47 Å². The van der Waals surface area contributed by atoms with Gasteiger partial charge in [0.25, 0.3) is 0 Å². The van der Waals surface area contributed by atoms with Crippen molar-refractivity contribution in [2.75, 3.05) is 7.11 Å². The van der Waals surface area contributed by atoms with Crippen molar-refractivity contribution in [3.05, 3.63) is 101 Å². The molecule has 160 valence electrons. The molecular formula is C25H19NO6. The SMILES string of the molecule is COc1c(C(=O)O)c(C(=O)O)c(OC(c2ccccc2)c2ccccc2)c2ncccc12. The molecule has 4 rings (SSSR count). The van der Waals surface area contributed by atoms with Gasteiger partial charge in [0.1, 0.15) is 28.5 Å². The van der Waals surface area contributed by atoms with E-state index < -0.39 is 29.2 Å². The second-order valence-electron chi connectivity index (χ2n) is 6.94. The van der Waals surface area contributed by atoms with Crippen LogP contribution in [0.3, 0.4) is 0 Å². The highest BCUT2D eigenvalue weighted by molar-refractivity contribution is 6.12. The Morgan fingerprint density at radius 2 is 1.31 bits per heavy atom. The van der Waals surface area contributed by atoms with E-state index in [0.717, 1.165) is 11.1 Å². The Labute approximate surface area is 183 Å². The zero-order valence-electron chi connectivity index (χ0n) is 17.1. The molecule has 1 aromatic heterocycles. The van der Waals surface area contributed by atoms with Crippen LogP contribution in [0.4, 0.5) is 0 Å². The molecule has 0 spiro atoms. The predicted molar refractivity (Wildman–Crippen MR) is 118 cm³/mol. The van der Waals surface area contributed by atoms with E-state index >= 15 is 0 Å². The van der Waals surface area contributed by atoms with Crippen LogP contribution in [0.5, 0.6) is 11.5 Å². The normalized spacial score (nSPS) is 10.8. The Morgan fingerprint density at radius 1 is 0.781 bits per heavy atom. The third-order valence-electron chi connectivity index (χ3n) is 5.04. The number of aromatic carboxylic acids is 2. The third-order valence-corrected chi connectivity index (χ3v) is 5.04. The Bertz CT molecular complexity index is 1250. The highest BCUT2D eigenvalue weighted by Crippen LogP contribution is 2.42. The summed E-state index contributed by atoms with van der Waals surface area (Å²) in [6.07, 6.45) is 0.788. The molecular weight excluding hydrogens is 410 g/mol. The Hall–Kier alpha value is -4.39. The van der Waals surface area contributed by atoms with E-state index in [0.29, 0.717) is 5.39 Å². The van der Waals surface area contributed by atoms with Gasteiger partial charge in [-0.2, -0.15) is 0 Å². The molecule has 32 heavy (non-hydrogen) atoms. The number of benzene rings is 3. The van der Waals surface area contributed by atoms with E-state index in [-0.39, 0.29) is 17.0 Å². The first-order valence-electron chi connectivity index (χ1n) is 9.74. The summed E-state index contributed by atoms with van der Waals surface area (Å²) in [7, 11) is 1.29. The standard InChI is InChI=1S/C25H19NO6/c1-31-22-17-13-8-14-26-20(17)23(19(25(29)30)18(22)24(27)28)32-21(15-9-4-2-5-10-15)16-11-6-3-7-12-16/h2-14,21H,1H3,(H,27,28)(H,29,30). The molecule has 0 aliphatic rings. The number of carbonyl (C=O) groups is 2. The third kappa shape index (κ3) is 3.72. The predicted octanol–water partition coefficient (Wildman–Crippen LogP) is 4.81. The van der Waals surface area contributed by atoms with Gasteiger partial charge < -0.3 is 19.7 Å². The first-order valence-corrected chi connectivity index (χ1v) is 9.74. The fourth-order valence-electron chi connectivity index (χ4n) is 3.69. The van der Waals surface area contributed by atoms with Gasteiger partial charge in [-0.05, 0) is 23.3 Å². The molecule has 0 aliphatic carbocycles. The second kappa shape index (κ2) is 8.77. The van der Waals surface area contributed by atoms with Crippen molar-refractivity contribution in [3.63, 3.8) is 0 Å². The van der Waals surface area contributed by atoms with Crippen molar-refractivity contribution in [1.29, 1.82) is 0 Å². The van der Waals surface area contributed by atoms with E-state index in [9.17, 15) is 19.8 Å². The summed E-state index contributed by atoms with van der Waals surface area (Å²) in [6.45, 7) is 0. The molecule has 1 heterocycles. The van der Waals surface area contributed by atoms with Crippen LogP contribution in [-0.2, 0) is 0 Å². The van der Waals surface area contributed by atoms with Crippen molar-refractivity contribution < 1.29 is 29.3 Å². The van der Waals surface area contributed by atoms with Crippen molar-refractivity contribution >= 4 is 22.8 Å². The summed E-state index contributed by atoms with van der Waals surface area (Å²) in [4.78, 5) is 28.7. The van der Waals surface area contributed by atoms with Crippen LogP contribution >= 0.6 is 0 Å². The maximum Gasteiger partial charge on any atom is 0.340 e. The summed E-state index contributed by atoms with van der Waals surface area (Å²) in [5, 5.41) is 20.2. The number of hydrogen-bond acceptors (Lipinski definition) is 5. The molecule has 0 atom stereocenters. The topological polar surface area (TPSA) is 106 Å². The quantitative estimate of drug-likeness (QED) is 0.434. The number of carboxylic acids is 2. The lowest BCUT2D eigenvalue weighted by Gasteiger charge is -2.23. The number of pyridine rings is 1. The van der Waals surface area contributed by atoms with Crippen LogP contribution in [0.1, 0.15) is 37.9 Å². The van der Waals surface area contributed by atoms with Crippen LogP contribution in [0.15, 0.2) is 79.0 Å². The molecule has 0 radical (unpaired) electrons. The Kier molecular flexibility index (Phi) is 5.72. The minimum atomic E-state index is -1.46. The fraction of sp³-hybridized carbons (Fsp3) is 0.0800. The molecule has 7 heteroatoms. The average molecular weight is 429 g/mol. The summed E-state index contributed by atoms with van der Waals surface area (Å²) >= 11 is 0. The lowest BCUT2D eigenvalue weighted by Crippen LogP contribution is -2.17. The molecule has 0 saturated heterocycles. The number of nitrogens with zero attached hydrogens (tertiary/aromatic N) is 1. The zero-order valence-corrected chi connectivity index (χ0v) is 17.1. The minimum Gasteiger partial charge on any atom is -0.495 e. The van der Waals surface area contributed by atoms with Gasteiger partial charge in [0.05, 0.1) is 7.11 Å². The molecule has 0 amide bonds. The molecule has 4 aromatic rings. The molecule has 3 aromatic carbocycles. The highest BCUT2D eigenvalue weighted by Gasteiger charge is 2.32. The number of methoxy groups -OCH3 is 1. The van der Waals surface area contributed by atoms with Gasteiger partial charge in [-0.1, -0.05) is 60.7 Å². The monoisotopic (exact) mass is 429 g/mol. The first-order chi connectivity index (χ1) is 15.5. The lowest BCUT2D eigenvalue weighted by atomic mass is 9.98. The molecule has 7 nitrogen and oxygen atoms in total. The van der Waals surface area contributed by atoms with Crippen LogP contribution in [0, 0.1) is 0 Å². The molecule has 0 unspecified atom stereocenters. The summed E-state index contributed by atoms with van der Waals surface area (Å²) in [5.74, 6) is -3.11. The van der Waals surface area contributed by atoms with Gasteiger partial charge in [0.2, 0.25) is 0 Å². The number of aromatic nitrogens is 1. The van der Waals surface area contributed by atoms with E-state index in [1.165, 1.54) is 13.3 Å². The highest BCUT2D eigenvalue weighted by atomic mass is 16.5. The molecule has 0 fully saturated rings. The Balaban J connectivity index is 2.04. The minimum absolute atomic E-state index is 0.0821. The molecule has 0 bridgehead atoms. The Morgan fingerprint density at radius 3 is 1.81 bits per heavy atom. The van der Waals surface area contributed by atoms with Gasteiger partial charge in [-0.3, -0.25) is 4.98 Å². The van der Waals surface area contributed by atoms with E-state index in [4.69, 9.17) is 9.47 Å². The maximum absolute atomic E-state index is 12.3. The van der Waals surface area contributed by atoms with Crippen molar-refractivity contribution in [2.24, 2.45) is 0 Å². The van der Waals surface area contributed by atoms with Crippen LogP contribution in [0.2, 0.25) is 0 Å². The molecule has 0 saturated carbocycles. The smallest absolute Gasteiger partial charge is 0.340 e. The van der Waals surface area contributed by atoms with Crippen molar-refractivity contribution in [1.82, 2.24) is 4.98 Å². The van der Waals surface area contributed by atoms with Crippen LogP contribution in [0.25, 0.3) is 10.9 Å². The molecule has 0 aliphatic heterocycles. The van der Waals surface area contributed by atoms with Crippen molar-refractivity contribution in [3.8, 4) is 11.5 Å². The number of ether oxygens (including phenoxy) is 2. The largest absolute Gasteiger partial charge is 0.495 e. The fourth-order valence-corrected chi connectivity index (χ4v) is 3.69. The summed E-state index contributed by atoms with van der Waals surface area (Å²) in [5.41, 5.74) is 0.732. The summed E-state index contributed by atoms with van der Waals surface area (Å²) < 4.78 is 11.6. The van der Waals surface area contributed by atoms with Gasteiger partial charge in [0.15, 0.2) is 5.75 Å². The van der Waals surface area contributed by atoms with E-state index in [2.05, 4.69) is 4.98 Å². The average Bonchev–Trinajstić information content (AvgIpc) is 2.82. The zero-order chi connectivity index (χ0) is 22.7. The number of rotatable bonds is 7. The van der Waals surface area contributed by atoms with E-state index in [1.807, 2.05) is 60.7 Å². The number of hydrogen-bond donors (Lipinski definition) is 2. The summed E-state index contributed by atoms with van der Waals surface area (Å²) in [6, 6.07) is 21.8. The lowest BCUT2D eigenvalue weighted by molar-refractivity contribution is 0.0643. The first kappa shape index (κ1) is 20.9. The van der Waals surface area contributed by atoms with Gasteiger partial charge in [-0.15, -0.1) is 0 Å². The van der Waals surface area contributed by atoms with Gasteiger partial charge >= 0.3 is 11.9 Å². The van der Waals surface area contributed by atoms with E-state index in [1.54, 1.807) is 12.1 Å². The second-order valence-corrected chi connectivity index (χ2v) is 6.94. The van der Waals surface area contributed by atoms with Gasteiger partial charge in [-0.25, -0.2) is 9.59 Å². The van der Waals surface area contributed by atoms with Crippen LogP contribution in [-0.4, -0.2) is 34.2 Å². The number of carboxylic acid groups (broad SMARTS) is 2. The molecule has 2 N–H and O–H groups in total.